The molecule has 0 fully saturated rings. The highest BCUT2D eigenvalue weighted by atomic mass is 32.2. The van der Waals surface area contributed by atoms with Crippen molar-refractivity contribution in [2.75, 3.05) is 26.2 Å². The molecule has 0 saturated heterocycles. The van der Waals surface area contributed by atoms with Gasteiger partial charge in [0.05, 0.1) is 9.82 Å². The minimum atomic E-state index is -0.515. The third-order valence-electron chi connectivity index (χ3n) is 4.07. The van der Waals surface area contributed by atoms with Crippen molar-refractivity contribution in [3.05, 3.63) is 64.0 Å². The Morgan fingerprint density at radius 2 is 1.85 bits per heavy atom. The van der Waals surface area contributed by atoms with Crippen LogP contribution in [0, 0.1) is 15.9 Å². The maximum atomic E-state index is 13.0. The highest BCUT2D eigenvalue weighted by molar-refractivity contribution is 7.99. The molecule has 0 aromatic heterocycles. The first kappa shape index (κ1) is 20.9. The Hall–Kier alpha value is -2.45. The molecule has 0 aliphatic heterocycles. The molecule has 0 spiro atoms. The average Bonchev–Trinajstić information content (AvgIpc) is 2.67. The van der Waals surface area contributed by atoms with E-state index in [1.54, 1.807) is 24.3 Å². The molecule has 0 bridgehead atoms. The lowest BCUT2D eigenvalue weighted by molar-refractivity contribution is -0.387. The van der Waals surface area contributed by atoms with E-state index in [9.17, 15) is 19.3 Å². The fourth-order valence-corrected chi connectivity index (χ4v) is 3.39. The van der Waals surface area contributed by atoms with Gasteiger partial charge in [-0.05, 0) is 49.5 Å². The zero-order valence-electron chi connectivity index (χ0n) is 15.3. The highest BCUT2D eigenvalue weighted by Crippen LogP contribution is 2.35. The SMILES string of the molecule is CCN(CC)CCNC(=O)c1ccc(Sc2ccc(F)cc2)c([N+](=O)[O-])c1. The Kier molecular flexibility index (Phi) is 7.75. The Morgan fingerprint density at radius 1 is 1.19 bits per heavy atom. The summed E-state index contributed by atoms with van der Waals surface area (Å²) in [6, 6.07) is 10.1. The maximum Gasteiger partial charge on any atom is 0.284 e. The van der Waals surface area contributed by atoms with Crippen molar-refractivity contribution >= 4 is 23.4 Å². The normalized spacial score (nSPS) is 10.8. The number of nitro groups is 1. The largest absolute Gasteiger partial charge is 0.351 e. The van der Waals surface area contributed by atoms with Crippen LogP contribution in [0.2, 0.25) is 0 Å². The first-order chi connectivity index (χ1) is 12.9. The molecule has 0 aliphatic carbocycles. The number of rotatable bonds is 9. The molecule has 0 heterocycles. The number of carbonyl (C=O) groups excluding carboxylic acids is 1. The molecule has 2 aromatic carbocycles. The molecule has 8 heteroatoms. The van der Waals surface area contributed by atoms with Crippen molar-refractivity contribution in [2.24, 2.45) is 0 Å². The number of benzene rings is 2. The van der Waals surface area contributed by atoms with E-state index in [2.05, 4.69) is 10.2 Å². The number of carbonyl (C=O) groups is 1. The summed E-state index contributed by atoms with van der Waals surface area (Å²) in [6.07, 6.45) is 0. The van der Waals surface area contributed by atoms with Crippen LogP contribution in [0.25, 0.3) is 0 Å². The fourth-order valence-electron chi connectivity index (χ4n) is 2.49. The molecule has 0 atom stereocenters. The standard InChI is InChI=1S/C19H22FN3O3S/c1-3-22(4-2)12-11-21-19(24)14-5-10-18(17(13-14)23(25)26)27-16-8-6-15(20)7-9-16/h5-10,13H,3-4,11-12H2,1-2H3,(H,21,24). The van der Waals surface area contributed by atoms with Crippen molar-refractivity contribution in [1.29, 1.82) is 0 Å². The van der Waals surface area contributed by atoms with E-state index in [0.717, 1.165) is 31.4 Å². The van der Waals surface area contributed by atoms with Gasteiger partial charge in [-0.1, -0.05) is 25.6 Å². The zero-order valence-corrected chi connectivity index (χ0v) is 16.1. The summed E-state index contributed by atoms with van der Waals surface area (Å²) in [4.78, 5) is 26.4. The first-order valence-corrected chi connectivity index (χ1v) is 9.48. The van der Waals surface area contributed by atoms with E-state index in [1.165, 1.54) is 18.2 Å². The predicted molar refractivity (Wildman–Crippen MR) is 104 cm³/mol. The van der Waals surface area contributed by atoms with Crippen LogP contribution in [0.4, 0.5) is 10.1 Å². The van der Waals surface area contributed by atoms with E-state index < -0.39 is 4.92 Å². The summed E-state index contributed by atoms with van der Waals surface area (Å²) >= 11 is 1.15. The van der Waals surface area contributed by atoms with Crippen LogP contribution in [0.1, 0.15) is 24.2 Å². The molecule has 144 valence electrons. The molecule has 6 nitrogen and oxygen atoms in total. The summed E-state index contributed by atoms with van der Waals surface area (Å²) < 4.78 is 13.0. The van der Waals surface area contributed by atoms with Crippen LogP contribution in [-0.2, 0) is 0 Å². The van der Waals surface area contributed by atoms with Gasteiger partial charge in [0, 0.05) is 29.6 Å². The molecule has 27 heavy (non-hydrogen) atoms. The molecule has 1 amide bonds. The second-order valence-corrected chi connectivity index (χ2v) is 6.89. The van der Waals surface area contributed by atoms with Crippen molar-refractivity contribution in [3.8, 4) is 0 Å². The molecule has 0 aliphatic rings. The lowest BCUT2D eigenvalue weighted by Gasteiger charge is -2.17. The third kappa shape index (κ3) is 6.04. The van der Waals surface area contributed by atoms with Crippen LogP contribution < -0.4 is 5.32 Å². The molecule has 2 rings (SSSR count). The van der Waals surface area contributed by atoms with Crippen molar-refractivity contribution < 1.29 is 14.1 Å². The molecule has 1 N–H and O–H groups in total. The number of hydrogen-bond donors (Lipinski definition) is 1. The zero-order chi connectivity index (χ0) is 19.8. The van der Waals surface area contributed by atoms with E-state index in [-0.39, 0.29) is 23.0 Å². The number of nitrogens with one attached hydrogen (secondary N) is 1. The Labute approximate surface area is 161 Å². The Morgan fingerprint density at radius 3 is 2.44 bits per heavy atom. The minimum absolute atomic E-state index is 0.152. The van der Waals surface area contributed by atoms with Crippen molar-refractivity contribution in [1.82, 2.24) is 10.2 Å². The van der Waals surface area contributed by atoms with Crippen LogP contribution in [-0.4, -0.2) is 41.9 Å². The van der Waals surface area contributed by atoms with Gasteiger partial charge >= 0.3 is 0 Å². The minimum Gasteiger partial charge on any atom is -0.351 e. The highest BCUT2D eigenvalue weighted by Gasteiger charge is 2.18. The van der Waals surface area contributed by atoms with E-state index in [4.69, 9.17) is 0 Å². The van der Waals surface area contributed by atoms with E-state index >= 15 is 0 Å². The van der Waals surface area contributed by atoms with Crippen LogP contribution in [0.5, 0.6) is 0 Å². The maximum absolute atomic E-state index is 13.0. The van der Waals surface area contributed by atoms with Gasteiger partial charge in [0.25, 0.3) is 11.6 Å². The lowest BCUT2D eigenvalue weighted by Crippen LogP contribution is -2.34. The molecular formula is C19H22FN3O3S. The summed E-state index contributed by atoms with van der Waals surface area (Å²) in [7, 11) is 0. The van der Waals surface area contributed by atoms with Crippen LogP contribution in [0.15, 0.2) is 52.3 Å². The molecule has 0 radical (unpaired) electrons. The van der Waals surface area contributed by atoms with Gasteiger partial charge in [-0.15, -0.1) is 0 Å². The van der Waals surface area contributed by atoms with Gasteiger partial charge in [0.1, 0.15) is 5.82 Å². The Balaban J connectivity index is 2.10. The van der Waals surface area contributed by atoms with Crippen molar-refractivity contribution in [3.63, 3.8) is 0 Å². The number of amides is 1. The molecule has 2 aromatic rings. The predicted octanol–water partition coefficient (Wildman–Crippen LogP) is 3.96. The quantitative estimate of drug-likeness (QED) is 0.517. The number of nitro benzene ring substituents is 1. The number of hydrogen-bond acceptors (Lipinski definition) is 5. The topological polar surface area (TPSA) is 75.5 Å². The monoisotopic (exact) mass is 391 g/mol. The summed E-state index contributed by atoms with van der Waals surface area (Å²) in [5, 5.41) is 14.2. The molecule has 0 saturated carbocycles. The number of nitrogens with zero attached hydrogens (tertiary/aromatic N) is 2. The third-order valence-corrected chi connectivity index (χ3v) is 5.14. The van der Waals surface area contributed by atoms with E-state index in [1.807, 2.05) is 13.8 Å². The van der Waals surface area contributed by atoms with Gasteiger partial charge in [-0.2, -0.15) is 0 Å². The second-order valence-electron chi connectivity index (χ2n) is 5.78. The summed E-state index contributed by atoms with van der Waals surface area (Å²) in [5.74, 6) is -0.714. The number of halogens is 1. The molecular weight excluding hydrogens is 369 g/mol. The van der Waals surface area contributed by atoms with Gasteiger partial charge in [-0.3, -0.25) is 14.9 Å². The van der Waals surface area contributed by atoms with Gasteiger partial charge in [0.2, 0.25) is 0 Å². The van der Waals surface area contributed by atoms with Crippen LogP contribution >= 0.6 is 11.8 Å². The van der Waals surface area contributed by atoms with Gasteiger partial charge in [0.15, 0.2) is 0 Å². The molecule has 0 unspecified atom stereocenters. The fraction of sp³-hybridized carbons (Fsp3) is 0.316. The summed E-state index contributed by atoms with van der Waals surface area (Å²) in [6.45, 7) is 7.08. The van der Waals surface area contributed by atoms with Crippen LogP contribution in [0.3, 0.4) is 0 Å². The lowest BCUT2D eigenvalue weighted by atomic mass is 10.2. The van der Waals surface area contributed by atoms with E-state index in [0.29, 0.717) is 16.3 Å². The first-order valence-electron chi connectivity index (χ1n) is 8.67. The Bertz CT molecular complexity index is 795. The van der Waals surface area contributed by atoms with Gasteiger partial charge < -0.3 is 10.2 Å². The second kappa shape index (κ2) is 10.0. The summed E-state index contributed by atoms with van der Waals surface area (Å²) in [5.41, 5.74) is 0.0884. The average molecular weight is 391 g/mol. The number of likely N-dealkylation sites (N-methyl/N-ethyl adjacent to an activating group) is 1. The van der Waals surface area contributed by atoms with Gasteiger partial charge in [-0.25, -0.2) is 4.39 Å². The van der Waals surface area contributed by atoms with Crippen molar-refractivity contribution in [2.45, 2.75) is 23.6 Å². The smallest absolute Gasteiger partial charge is 0.284 e.